The molecule has 1 N–H and O–H groups in total. The van der Waals surface area contributed by atoms with E-state index in [2.05, 4.69) is 10.3 Å². The van der Waals surface area contributed by atoms with Crippen LogP contribution in [0.2, 0.25) is 0 Å². The molecule has 1 unspecified atom stereocenters. The van der Waals surface area contributed by atoms with Gasteiger partial charge in [0.25, 0.3) is 0 Å². The smallest absolute Gasteiger partial charge is 0.184 e. The Bertz CT molecular complexity index is 173. The molecule has 0 aliphatic carbocycles. The third-order valence-electron chi connectivity index (χ3n) is 2.44. The average molecular weight is 168 g/mol. The first-order valence-corrected chi connectivity index (χ1v) is 4.84. The molecule has 0 saturated carbocycles. The van der Waals surface area contributed by atoms with Gasteiger partial charge in [-0.3, -0.25) is 4.99 Å². The number of aliphatic imine (C=N–C) groups is 1. The molecule has 0 spiro atoms. The summed E-state index contributed by atoms with van der Waals surface area (Å²) >= 11 is 0. The van der Waals surface area contributed by atoms with Gasteiger partial charge in [0.2, 0.25) is 0 Å². The van der Waals surface area contributed by atoms with Gasteiger partial charge in [0.15, 0.2) is 5.90 Å². The molecule has 2 aliphatic rings. The molecule has 2 aliphatic heterocycles. The molecule has 1 fully saturated rings. The Morgan fingerprint density at radius 3 is 3.17 bits per heavy atom. The Kier molecular flexibility index (Phi) is 2.61. The third kappa shape index (κ3) is 1.97. The van der Waals surface area contributed by atoms with E-state index in [9.17, 15) is 0 Å². The van der Waals surface area contributed by atoms with E-state index < -0.39 is 0 Å². The highest BCUT2D eigenvalue weighted by molar-refractivity contribution is 5.77. The van der Waals surface area contributed by atoms with Gasteiger partial charge in [-0.1, -0.05) is 0 Å². The van der Waals surface area contributed by atoms with Crippen molar-refractivity contribution in [1.29, 1.82) is 0 Å². The predicted octanol–water partition coefficient (Wildman–Crippen LogP) is 0.947. The fourth-order valence-corrected chi connectivity index (χ4v) is 1.77. The molecular weight excluding hydrogens is 152 g/mol. The Labute approximate surface area is 73.2 Å². The highest BCUT2D eigenvalue weighted by Crippen LogP contribution is 2.11. The van der Waals surface area contributed by atoms with Gasteiger partial charge in [-0.2, -0.15) is 0 Å². The normalized spacial score (nSPS) is 29.7. The zero-order valence-corrected chi connectivity index (χ0v) is 7.38. The number of hydrogen-bond acceptors (Lipinski definition) is 3. The molecule has 0 radical (unpaired) electrons. The van der Waals surface area contributed by atoms with Crippen LogP contribution in [0, 0.1) is 0 Å². The molecule has 2 rings (SSSR count). The number of hydrogen-bond donors (Lipinski definition) is 1. The molecule has 3 nitrogen and oxygen atoms in total. The van der Waals surface area contributed by atoms with Crippen molar-refractivity contribution in [1.82, 2.24) is 5.32 Å². The van der Waals surface area contributed by atoms with Gasteiger partial charge in [0, 0.05) is 25.4 Å². The standard InChI is InChI=1S/C9H16N2O/c1-3-8(10-4-1)7-9-11-5-2-6-12-9/h8,10H,1-7H2. The lowest BCUT2D eigenvalue weighted by Gasteiger charge is -2.16. The SMILES string of the molecule is C1CN=C(CC2CCCN2)OC1. The minimum atomic E-state index is 0.627. The molecular formula is C9H16N2O. The summed E-state index contributed by atoms with van der Waals surface area (Å²) in [6.07, 6.45) is 4.67. The van der Waals surface area contributed by atoms with Crippen LogP contribution in [-0.2, 0) is 4.74 Å². The van der Waals surface area contributed by atoms with Crippen molar-refractivity contribution in [3.8, 4) is 0 Å². The van der Waals surface area contributed by atoms with Gasteiger partial charge in [0.05, 0.1) is 6.61 Å². The topological polar surface area (TPSA) is 33.6 Å². The second kappa shape index (κ2) is 3.90. The maximum atomic E-state index is 5.45. The van der Waals surface area contributed by atoms with Crippen LogP contribution in [0.3, 0.4) is 0 Å². The van der Waals surface area contributed by atoms with E-state index in [1.807, 2.05) is 0 Å². The first-order valence-electron chi connectivity index (χ1n) is 4.84. The lowest BCUT2D eigenvalue weighted by Crippen LogP contribution is -2.27. The van der Waals surface area contributed by atoms with E-state index >= 15 is 0 Å². The number of rotatable bonds is 2. The molecule has 0 bridgehead atoms. The van der Waals surface area contributed by atoms with E-state index in [1.54, 1.807) is 0 Å². The van der Waals surface area contributed by atoms with Gasteiger partial charge in [-0.05, 0) is 19.4 Å². The Hall–Kier alpha value is -0.570. The monoisotopic (exact) mass is 168 g/mol. The fourth-order valence-electron chi connectivity index (χ4n) is 1.77. The first-order chi connectivity index (χ1) is 5.95. The average Bonchev–Trinajstić information content (AvgIpc) is 2.59. The molecule has 12 heavy (non-hydrogen) atoms. The summed E-state index contributed by atoms with van der Waals surface area (Å²) in [5.41, 5.74) is 0. The van der Waals surface area contributed by atoms with E-state index in [4.69, 9.17) is 4.74 Å². The van der Waals surface area contributed by atoms with Gasteiger partial charge >= 0.3 is 0 Å². The van der Waals surface area contributed by atoms with Crippen molar-refractivity contribution in [2.24, 2.45) is 4.99 Å². The number of nitrogens with one attached hydrogen (secondary N) is 1. The molecule has 3 heteroatoms. The van der Waals surface area contributed by atoms with Gasteiger partial charge in [-0.25, -0.2) is 0 Å². The highest BCUT2D eigenvalue weighted by atomic mass is 16.5. The maximum Gasteiger partial charge on any atom is 0.184 e. The van der Waals surface area contributed by atoms with Crippen molar-refractivity contribution in [3.63, 3.8) is 0 Å². The van der Waals surface area contributed by atoms with Crippen molar-refractivity contribution in [2.75, 3.05) is 19.7 Å². The van der Waals surface area contributed by atoms with Crippen LogP contribution in [0.15, 0.2) is 4.99 Å². The molecule has 0 aromatic rings. The van der Waals surface area contributed by atoms with Crippen LogP contribution in [0.1, 0.15) is 25.7 Å². The first kappa shape index (κ1) is 8.05. The summed E-state index contributed by atoms with van der Waals surface area (Å²) in [4.78, 5) is 4.35. The van der Waals surface area contributed by atoms with E-state index in [0.29, 0.717) is 6.04 Å². The lowest BCUT2D eigenvalue weighted by atomic mass is 10.1. The molecule has 68 valence electrons. The zero-order valence-electron chi connectivity index (χ0n) is 7.38. The van der Waals surface area contributed by atoms with Crippen LogP contribution in [-0.4, -0.2) is 31.6 Å². The van der Waals surface area contributed by atoms with E-state index in [1.165, 1.54) is 12.8 Å². The zero-order chi connectivity index (χ0) is 8.23. The van der Waals surface area contributed by atoms with Crippen LogP contribution in [0.25, 0.3) is 0 Å². The third-order valence-corrected chi connectivity index (χ3v) is 2.44. The minimum absolute atomic E-state index is 0.627. The second-order valence-electron chi connectivity index (χ2n) is 3.47. The van der Waals surface area contributed by atoms with Crippen LogP contribution in [0.5, 0.6) is 0 Å². The Balaban J connectivity index is 1.80. The molecule has 1 saturated heterocycles. The fraction of sp³-hybridized carbons (Fsp3) is 0.889. The Morgan fingerprint density at radius 2 is 2.50 bits per heavy atom. The Morgan fingerprint density at radius 1 is 1.50 bits per heavy atom. The van der Waals surface area contributed by atoms with Crippen LogP contribution in [0.4, 0.5) is 0 Å². The van der Waals surface area contributed by atoms with Crippen molar-refractivity contribution >= 4 is 5.90 Å². The predicted molar refractivity (Wildman–Crippen MR) is 48.5 cm³/mol. The highest BCUT2D eigenvalue weighted by Gasteiger charge is 2.18. The maximum absolute atomic E-state index is 5.45. The number of ether oxygens (including phenoxy) is 1. The van der Waals surface area contributed by atoms with Crippen molar-refractivity contribution in [2.45, 2.75) is 31.7 Å². The van der Waals surface area contributed by atoms with E-state index in [0.717, 1.165) is 38.4 Å². The molecule has 0 aromatic heterocycles. The summed E-state index contributed by atoms with van der Waals surface area (Å²) in [5.74, 6) is 0.973. The number of nitrogens with zero attached hydrogens (tertiary/aromatic N) is 1. The van der Waals surface area contributed by atoms with Crippen LogP contribution < -0.4 is 5.32 Å². The summed E-state index contributed by atoms with van der Waals surface area (Å²) in [5, 5.41) is 3.44. The quantitative estimate of drug-likeness (QED) is 0.666. The van der Waals surface area contributed by atoms with Crippen molar-refractivity contribution < 1.29 is 4.74 Å². The van der Waals surface area contributed by atoms with E-state index in [-0.39, 0.29) is 0 Å². The largest absolute Gasteiger partial charge is 0.481 e. The lowest BCUT2D eigenvalue weighted by molar-refractivity contribution is 0.269. The van der Waals surface area contributed by atoms with Gasteiger partial charge < -0.3 is 10.1 Å². The van der Waals surface area contributed by atoms with Crippen molar-refractivity contribution in [3.05, 3.63) is 0 Å². The molecule has 0 aromatic carbocycles. The van der Waals surface area contributed by atoms with Gasteiger partial charge in [0.1, 0.15) is 0 Å². The summed E-state index contributed by atoms with van der Waals surface area (Å²) in [7, 11) is 0. The summed E-state index contributed by atoms with van der Waals surface area (Å²) in [6.45, 7) is 2.99. The second-order valence-corrected chi connectivity index (χ2v) is 3.47. The molecule has 2 heterocycles. The minimum Gasteiger partial charge on any atom is -0.481 e. The summed E-state index contributed by atoms with van der Waals surface area (Å²) < 4.78 is 5.45. The molecule has 1 atom stereocenters. The van der Waals surface area contributed by atoms with Crippen LogP contribution >= 0.6 is 0 Å². The summed E-state index contributed by atoms with van der Waals surface area (Å²) in [6, 6.07) is 0.627. The molecule has 0 amide bonds. The van der Waals surface area contributed by atoms with Gasteiger partial charge in [-0.15, -0.1) is 0 Å².